The average molecular weight is 338 g/mol. The minimum atomic E-state index is -1.08. The summed E-state index contributed by atoms with van der Waals surface area (Å²) >= 11 is 0. The van der Waals surface area contributed by atoms with E-state index in [1.165, 1.54) is 17.7 Å². The van der Waals surface area contributed by atoms with Crippen molar-refractivity contribution in [3.8, 4) is 0 Å². The second-order valence-corrected chi connectivity index (χ2v) is 5.94. The number of nitrogens with zero attached hydrogens (tertiary/aromatic N) is 2. The maximum atomic E-state index is 11.4. The van der Waals surface area contributed by atoms with Crippen LogP contribution in [0.1, 0.15) is 28.8 Å². The summed E-state index contributed by atoms with van der Waals surface area (Å²) in [6.45, 7) is 0.675. The summed E-state index contributed by atoms with van der Waals surface area (Å²) in [5.41, 5.74) is 1.99. The molecule has 1 N–H and O–H groups in total. The van der Waals surface area contributed by atoms with E-state index in [0.29, 0.717) is 17.4 Å². The average Bonchev–Trinajstić information content (AvgIpc) is 2.98. The minimum Gasteiger partial charge on any atom is -0.478 e. The molecule has 3 rings (SSSR count). The fourth-order valence-electron chi connectivity index (χ4n) is 3.01. The molecule has 3 aromatic rings. The van der Waals surface area contributed by atoms with Gasteiger partial charge in [-0.3, -0.25) is 10.1 Å². The highest BCUT2D eigenvalue weighted by molar-refractivity contribution is 6.04. The number of nitro groups is 1. The van der Waals surface area contributed by atoms with Crippen LogP contribution in [0.2, 0.25) is 0 Å². The first-order valence-corrected chi connectivity index (χ1v) is 8.11. The van der Waals surface area contributed by atoms with Crippen LogP contribution >= 0.6 is 0 Å². The summed E-state index contributed by atoms with van der Waals surface area (Å²) in [6, 6.07) is 14.6. The van der Waals surface area contributed by atoms with Gasteiger partial charge in [-0.1, -0.05) is 30.3 Å². The van der Waals surface area contributed by atoms with Crippen molar-refractivity contribution in [3.05, 3.63) is 76.0 Å². The third-order valence-corrected chi connectivity index (χ3v) is 4.26. The molecule has 0 saturated carbocycles. The van der Waals surface area contributed by atoms with Gasteiger partial charge in [-0.25, -0.2) is 4.79 Å². The molecule has 0 spiro atoms. The molecule has 6 nitrogen and oxygen atoms in total. The van der Waals surface area contributed by atoms with E-state index in [1.54, 1.807) is 12.3 Å². The van der Waals surface area contributed by atoms with Crippen LogP contribution in [0.4, 0.5) is 5.69 Å². The number of aromatic nitrogens is 1. The monoisotopic (exact) mass is 338 g/mol. The fourth-order valence-corrected chi connectivity index (χ4v) is 3.01. The van der Waals surface area contributed by atoms with Crippen LogP contribution < -0.4 is 0 Å². The molecule has 0 atom stereocenters. The third kappa shape index (κ3) is 3.68. The van der Waals surface area contributed by atoms with Gasteiger partial charge in [-0.05, 0) is 30.9 Å². The number of carboxylic acid groups (broad SMARTS) is 1. The van der Waals surface area contributed by atoms with Gasteiger partial charge in [0.25, 0.3) is 5.69 Å². The van der Waals surface area contributed by atoms with Crippen LogP contribution in [0.25, 0.3) is 10.9 Å². The number of hydrogen-bond donors (Lipinski definition) is 1. The van der Waals surface area contributed by atoms with E-state index < -0.39 is 10.9 Å². The van der Waals surface area contributed by atoms with E-state index in [1.807, 2.05) is 22.8 Å². The lowest BCUT2D eigenvalue weighted by atomic mass is 10.1. The predicted molar refractivity (Wildman–Crippen MR) is 94.9 cm³/mol. The number of carbonyl (C=O) groups is 1. The summed E-state index contributed by atoms with van der Waals surface area (Å²) in [6.07, 6.45) is 4.42. The zero-order valence-corrected chi connectivity index (χ0v) is 13.6. The number of carboxylic acids is 1. The number of aromatic carboxylic acids is 1. The Balaban J connectivity index is 1.77. The van der Waals surface area contributed by atoms with Crippen molar-refractivity contribution in [1.29, 1.82) is 0 Å². The Labute approximate surface area is 144 Å². The summed E-state index contributed by atoms with van der Waals surface area (Å²) in [7, 11) is 0. The molecule has 0 bridgehead atoms. The molecular weight excluding hydrogens is 320 g/mol. The standard InChI is InChI=1S/C19H18N2O4/c22-19(23)17-13-20(11-5-4-8-14-6-2-1-3-7-14)18-10-9-15(21(24)25)12-16(17)18/h1-3,6-7,9-10,12-13H,4-5,8,11H2,(H,22,23). The molecule has 0 aliphatic heterocycles. The second kappa shape index (κ2) is 7.17. The first-order chi connectivity index (χ1) is 12.1. The normalized spacial score (nSPS) is 10.9. The van der Waals surface area contributed by atoms with Crippen molar-refractivity contribution in [2.24, 2.45) is 0 Å². The molecule has 1 aromatic heterocycles. The van der Waals surface area contributed by atoms with Crippen molar-refractivity contribution in [1.82, 2.24) is 4.57 Å². The lowest BCUT2D eigenvalue weighted by molar-refractivity contribution is -0.384. The van der Waals surface area contributed by atoms with Gasteiger partial charge in [0.05, 0.1) is 10.5 Å². The molecule has 6 heteroatoms. The van der Waals surface area contributed by atoms with Crippen molar-refractivity contribution in [2.45, 2.75) is 25.8 Å². The lowest BCUT2D eigenvalue weighted by Gasteiger charge is -2.05. The smallest absolute Gasteiger partial charge is 0.337 e. The van der Waals surface area contributed by atoms with E-state index in [-0.39, 0.29) is 11.3 Å². The first-order valence-electron chi connectivity index (χ1n) is 8.11. The van der Waals surface area contributed by atoms with Crippen molar-refractivity contribution in [3.63, 3.8) is 0 Å². The Hall–Kier alpha value is -3.15. The molecule has 2 aromatic carbocycles. The minimum absolute atomic E-state index is 0.0989. The van der Waals surface area contributed by atoms with Crippen LogP contribution in [0.3, 0.4) is 0 Å². The van der Waals surface area contributed by atoms with Gasteiger partial charge in [0.1, 0.15) is 0 Å². The number of aryl methyl sites for hydroxylation is 2. The predicted octanol–water partition coefficient (Wildman–Crippen LogP) is 4.27. The zero-order valence-electron chi connectivity index (χ0n) is 13.6. The summed E-state index contributed by atoms with van der Waals surface area (Å²) in [5, 5.41) is 20.7. The Kier molecular flexibility index (Phi) is 4.79. The Morgan fingerprint density at radius 1 is 1.12 bits per heavy atom. The molecule has 1 heterocycles. The Morgan fingerprint density at radius 2 is 1.88 bits per heavy atom. The Bertz CT molecular complexity index is 916. The number of rotatable bonds is 7. The third-order valence-electron chi connectivity index (χ3n) is 4.26. The highest BCUT2D eigenvalue weighted by Crippen LogP contribution is 2.26. The van der Waals surface area contributed by atoms with Crippen LogP contribution in [0.5, 0.6) is 0 Å². The molecule has 0 radical (unpaired) electrons. The fraction of sp³-hybridized carbons (Fsp3) is 0.211. The van der Waals surface area contributed by atoms with E-state index in [9.17, 15) is 20.0 Å². The SMILES string of the molecule is O=C(O)c1cn(CCCCc2ccccc2)c2ccc([N+](=O)[O-])cc12. The molecule has 0 aliphatic rings. The molecule has 0 aliphatic carbocycles. The zero-order chi connectivity index (χ0) is 17.8. The van der Waals surface area contributed by atoms with Crippen molar-refractivity contribution < 1.29 is 14.8 Å². The Morgan fingerprint density at radius 3 is 2.56 bits per heavy atom. The van der Waals surface area contributed by atoms with E-state index in [2.05, 4.69) is 12.1 Å². The van der Waals surface area contributed by atoms with Crippen LogP contribution in [-0.2, 0) is 13.0 Å². The summed E-state index contributed by atoms with van der Waals surface area (Å²) in [5.74, 6) is -1.08. The summed E-state index contributed by atoms with van der Waals surface area (Å²) in [4.78, 5) is 21.9. The number of fused-ring (bicyclic) bond motifs is 1. The molecule has 128 valence electrons. The number of nitro benzene ring substituents is 1. The number of benzene rings is 2. The van der Waals surface area contributed by atoms with Gasteiger partial charge in [0.15, 0.2) is 0 Å². The van der Waals surface area contributed by atoms with Gasteiger partial charge in [0, 0.05) is 35.8 Å². The highest BCUT2D eigenvalue weighted by atomic mass is 16.6. The molecule has 0 unspecified atom stereocenters. The topological polar surface area (TPSA) is 85.4 Å². The van der Waals surface area contributed by atoms with Crippen molar-refractivity contribution in [2.75, 3.05) is 0 Å². The van der Waals surface area contributed by atoms with Gasteiger partial charge >= 0.3 is 5.97 Å². The maximum absolute atomic E-state index is 11.4. The molecule has 0 amide bonds. The quantitative estimate of drug-likeness (QED) is 0.396. The number of non-ortho nitro benzene ring substituents is 1. The van der Waals surface area contributed by atoms with E-state index in [0.717, 1.165) is 19.3 Å². The number of hydrogen-bond acceptors (Lipinski definition) is 3. The van der Waals surface area contributed by atoms with E-state index in [4.69, 9.17) is 0 Å². The van der Waals surface area contributed by atoms with Gasteiger partial charge in [-0.2, -0.15) is 0 Å². The molecular formula is C19H18N2O4. The molecule has 25 heavy (non-hydrogen) atoms. The van der Waals surface area contributed by atoms with Crippen molar-refractivity contribution >= 4 is 22.6 Å². The van der Waals surface area contributed by atoms with E-state index >= 15 is 0 Å². The first kappa shape index (κ1) is 16.7. The largest absolute Gasteiger partial charge is 0.478 e. The maximum Gasteiger partial charge on any atom is 0.337 e. The second-order valence-electron chi connectivity index (χ2n) is 5.94. The van der Waals surface area contributed by atoms with Crippen LogP contribution in [0, 0.1) is 10.1 Å². The van der Waals surface area contributed by atoms with Gasteiger partial charge in [0.2, 0.25) is 0 Å². The molecule has 0 saturated heterocycles. The van der Waals surface area contributed by atoms with Gasteiger partial charge < -0.3 is 9.67 Å². The summed E-state index contributed by atoms with van der Waals surface area (Å²) < 4.78 is 1.87. The lowest BCUT2D eigenvalue weighted by Crippen LogP contribution is -1.98. The van der Waals surface area contributed by atoms with Crippen LogP contribution in [-0.4, -0.2) is 20.6 Å². The highest BCUT2D eigenvalue weighted by Gasteiger charge is 2.17. The van der Waals surface area contributed by atoms with Crippen LogP contribution in [0.15, 0.2) is 54.7 Å². The number of unbranched alkanes of at least 4 members (excludes halogenated alkanes) is 1. The van der Waals surface area contributed by atoms with Gasteiger partial charge in [-0.15, -0.1) is 0 Å². The molecule has 0 fully saturated rings.